The number of aromatic nitrogens is 2. The van der Waals surface area contributed by atoms with Crippen LogP contribution in [0.1, 0.15) is 19.8 Å². The summed E-state index contributed by atoms with van der Waals surface area (Å²) in [5, 5.41) is 12.1. The van der Waals surface area contributed by atoms with Gasteiger partial charge in [0.15, 0.2) is 11.6 Å². The molecule has 1 rings (SSSR count). The summed E-state index contributed by atoms with van der Waals surface area (Å²) in [6.45, 7) is 3.01. The van der Waals surface area contributed by atoms with E-state index in [0.717, 1.165) is 19.4 Å². The summed E-state index contributed by atoms with van der Waals surface area (Å²) in [5.74, 6) is 1.78. The molecule has 0 aliphatic carbocycles. The summed E-state index contributed by atoms with van der Waals surface area (Å²) in [4.78, 5) is 7.94. The fraction of sp³-hybridized carbons (Fsp3) is 0.636. The molecule has 6 heteroatoms. The Morgan fingerprint density at radius 3 is 2.88 bits per heavy atom. The highest BCUT2D eigenvalue weighted by molar-refractivity contribution is 5.61. The van der Waals surface area contributed by atoms with Gasteiger partial charge >= 0.3 is 0 Å². The third-order valence-corrected chi connectivity index (χ3v) is 2.71. The molecule has 0 spiro atoms. The van der Waals surface area contributed by atoms with E-state index in [9.17, 15) is 0 Å². The van der Waals surface area contributed by atoms with Gasteiger partial charge in [-0.2, -0.15) is 0 Å². The number of nitrogen functional groups attached to an aromatic ring is 1. The zero-order valence-electron chi connectivity index (χ0n) is 10.3. The maximum atomic E-state index is 8.91. The highest BCUT2D eigenvalue weighted by atomic mass is 16.5. The second-order valence-corrected chi connectivity index (χ2v) is 3.81. The molecule has 0 aliphatic heterocycles. The molecule has 17 heavy (non-hydrogen) atoms. The Balaban J connectivity index is 2.65. The van der Waals surface area contributed by atoms with E-state index in [1.54, 1.807) is 0 Å². The number of rotatable bonds is 7. The van der Waals surface area contributed by atoms with E-state index < -0.39 is 0 Å². The van der Waals surface area contributed by atoms with E-state index in [1.165, 1.54) is 13.4 Å². The lowest BCUT2D eigenvalue weighted by Crippen LogP contribution is -2.16. The van der Waals surface area contributed by atoms with E-state index in [2.05, 4.69) is 22.2 Å². The molecule has 1 atom stereocenters. The molecule has 6 nitrogen and oxygen atoms in total. The summed E-state index contributed by atoms with van der Waals surface area (Å²) in [6, 6.07) is 0. The minimum atomic E-state index is 0.198. The molecule has 0 aliphatic rings. The summed E-state index contributed by atoms with van der Waals surface area (Å²) in [7, 11) is 1.53. The van der Waals surface area contributed by atoms with Crippen LogP contribution in [0.5, 0.6) is 5.75 Å². The second kappa shape index (κ2) is 6.90. The lowest BCUT2D eigenvalue weighted by molar-refractivity contribution is 0.258. The minimum Gasteiger partial charge on any atom is -0.490 e. The molecule has 1 aromatic rings. The van der Waals surface area contributed by atoms with Crippen LogP contribution in [0.4, 0.5) is 11.6 Å². The zero-order valence-corrected chi connectivity index (χ0v) is 10.3. The molecule has 1 aromatic heterocycles. The number of nitrogens with two attached hydrogens (primary N) is 1. The van der Waals surface area contributed by atoms with Crippen LogP contribution in [0.3, 0.4) is 0 Å². The van der Waals surface area contributed by atoms with Gasteiger partial charge in [0.05, 0.1) is 7.11 Å². The van der Waals surface area contributed by atoms with Crippen molar-refractivity contribution in [2.24, 2.45) is 5.92 Å². The van der Waals surface area contributed by atoms with Gasteiger partial charge in [-0.25, -0.2) is 9.97 Å². The SMILES string of the molecule is CCC(CCO)CNc1ncnc(N)c1OC. The Morgan fingerprint density at radius 2 is 2.29 bits per heavy atom. The Hall–Kier alpha value is -1.56. The van der Waals surface area contributed by atoms with Crippen LogP contribution in [0.15, 0.2) is 6.33 Å². The van der Waals surface area contributed by atoms with Gasteiger partial charge in [0.2, 0.25) is 5.75 Å². The molecule has 0 amide bonds. The van der Waals surface area contributed by atoms with Crippen molar-refractivity contribution in [3.63, 3.8) is 0 Å². The predicted octanol–water partition coefficient (Wildman–Crippen LogP) is 0.888. The van der Waals surface area contributed by atoms with Crippen molar-refractivity contribution in [2.45, 2.75) is 19.8 Å². The maximum Gasteiger partial charge on any atom is 0.203 e. The first-order chi connectivity index (χ1) is 8.22. The third-order valence-electron chi connectivity index (χ3n) is 2.71. The van der Waals surface area contributed by atoms with Crippen LogP contribution in [-0.2, 0) is 0 Å². The van der Waals surface area contributed by atoms with Crippen molar-refractivity contribution in [1.29, 1.82) is 0 Å². The number of ether oxygens (including phenoxy) is 1. The number of aliphatic hydroxyl groups excluding tert-OH is 1. The van der Waals surface area contributed by atoms with E-state index in [0.29, 0.717) is 23.3 Å². The van der Waals surface area contributed by atoms with Gasteiger partial charge in [-0.1, -0.05) is 13.3 Å². The monoisotopic (exact) mass is 240 g/mol. The third kappa shape index (κ3) is 3.74. The molecule has 0 saturated carbocycles. The van der Waals surface area contributed by atoms with Crippen molar-refractivity contribution in [2.75, 3.05) is 31.3 Å². The number of hydrogen-bond donors (Lipinski definition) is 3. The van der Waals surface area contributed by atoms with Gasteiger partial charge in [0.25, 0.3) is 0 Å². The molecule has 0 radical (unpaired) electrons. The van der Waals surface area contributed by atoms with E-state index in [4.69, 9.17) is 15.6 Å². The number of nitrogens with zero attached hydrogens (tertiary/aromatic N) is 2. The van der Waals surface area contributed by atoms with E-state index in [-0.39, 0.29) is 6.61 Å². The highest BCUT2D eigenvalue weighted by Crippen LogP contribution is 2.26. The topological polar surface area (TPSA) is 93.3 Å². The minimum absolute atomic E-state index is 0.198. The number of anilines is 2. The van der Waals surface area contributed by atoms with Crippen molar-refractivity contribution in [1.82, 2.24) is 9.97 Å². The molecule has 4 N–H and O–H groups in total. The van der Waals surface area contributed by atoms with Gasteiger partial charge < -0.3 is 20.9 Å². The van der Waals surface area contributed by atoms with E-state index in [1.807, 2.05) is 0 Å². The molecular formula is C11H20N4O2. The van der Waals surface area contributed by atoms with Gasteiger partial charge in [-0.05, 0) is 12.3 Å². The predicted molar refractivity (Wildman–Crippen MR) is 67.0 cm³/mol. The Bertz CT molecular complexity index is 346. The molecule has 96 valence electrons. The molecule has 0 saturated heterocycles. The first-order valence-corrected chi connectivity index (χ1v) is 5.72. The van der Waals surface area contributed by atoms with Crippen LogP contribution < -0.4 is 15.8 Å². The summed E-state index contributed by atoms with van der Waals surface area (Å²) in [5.41, 5.74) is 5.67. The fourth-order valence-corrected chi connectivity index (χ4v) is 1.59. The molecular weight excluding hydrogens is 220 g/mol. The second-order valence-electron chi connectivity index (χ2n) is 3.81. The van der Waals surface area contributed by atoms with Crippen LogP contribution >= 0.6 is 0 Å². The number of methoxy groups -OCH3 is 1. The molecule has 1 unspecified atom stereocenters. The van der Waals surface area contributed by atoms with Crippen LogP contribution in [0.25, 0.3) is 0 Å². The first-order valence-electron chi connectivity index (χ1n) is 5.72. The molecule has 0 fully saturated rings. The van der Waals surface area contributed by atoms with Crippen LogP contribution in [-0.4, -0.2) is 35.3 Å². The Morgan fingerprint density at radius 1 is 1.53 bits per heavy atom. The van der Waals surface area contributed by atoms with Crippen molar-refractivity contribution >= 4 is 11.6 Å². The standard InChI is InChI=1S/C11H20N4O2/c1-3-8(4-5-16)6-13-11-9(17-2)10(12)14-7-15-11/h7-8,16H,3-6H2,1-2H3,(H3,12,13,14,15). The van der Waals surface area contributed by atoms with Crippen molar-refractivity contribution in [3.05, 3.63) is 6.33 Å². The smallest absolute Gasteiger partial charge is 0.203 e. The van der Waals surface area contributed by atoms with E-state index >= 15 is 0 Å². The summed E-state index contributed by atoms with van der Waals surface area (Å²) < 4.78 is 5.14. The van der Waals surface area contributed by atoms with Crippen LogP contribution in [0.2, 0.25) is 0 Å². The maximum absolute atomic E-state index is 8.91. The van der Waals surface area contributed by atoms with Gasteiger partial charge in [0, 0.05) is 13.2 Å². The first kappa shape index (κ1) is 13.5. The zero-order chi connectivity index (χ0) is 12.7. The van der Waals surface area contributed by atoms with Gasteiger partial charge in [-0.3, -0.25) is 0 Å². The Kier molecular flexibility index (Phi) is 5.48. The quantitative estimate of drug-likeness (QED) is 0.655. The summed E-state index contributed by atoms with van der Waals surface area (Å²) >= 11 is 0. The molecule has 0 aromatic carbocycles. The Labute approximate surface area is 101 Å². The van der Waals surface area contributed by atoms with Crippen molar-refractivity contribution < 1.29 is 9.84 Å². The van der Waals surface area contributed by atoms with Crippen molar-refractivity contribution in [3.8, 4) is 5.75 Å². The number of aliphatic hydroxyl groups is 1. The normalized spacial score (nSPS) is 12.2. The van der Waals surface area contributed by atoms with Gasteiger partial charge in [0.1, 0.15) is 6.33 Å². The average molecular weight is 240 g/mol. The molecule has 1 heterocycles. The molecule has 0 bridgehead atoms. The lowest BCUT2D eigenvalue weighted by Gasteiger charge is -2.16. The average Bonchev–Trinajstić information content (AvgIpc) is 2.34. The van der Waals surface area contributed by atoms with Gasteiger partial charge in [-0.15, -0.1) is 0 Å². The number of hydrogen-bond acceptors (Lipinski definition) is 6. The fourth-order valence-electron chi connectivity index (χ4n) is 1.59. The summed E-state index contributed by atoms with van der Waals surface area (Å²) in [6.07, 6.45) is 3.16. The largest absolute Gasteiger partial charge is 0.490 e. The van der Waals surface area contributed by atoms with Crippen LogP contribution in [0, 0.1) is 5.92 Å². The number of nitrogens with one attached hydrogen (secondary N) is 1. The lowest BCUT2D eigenvalue weighted by atomic mass is 10.0. The highest BCUT2D eigenvalue weighted by Gasteiger charge is 2.11.